The molecule has 0 aliphatic rings. The highest BCUT2D eigenvalue weighted by atomic mass is 79.9. The third-order valence-corrected chi connectivity index (χ3v) is 3.81. The zero-order valence-electron chi connectivity index (χ0n) is 8.77. The largest absolute Gasteiger partial charge is 0.397 e. The van der Waals surface area contributed by atoms with Gasteiger partial charge in [0.2, 0.25) is 0 Å². The van der Waals surface area contributed by atoms with Gasteiger partial charge in [0, 0.05) is 10.3 Å². The van der Waals surface area contributed by atoms with Crippen LogP contribution in [-0.4, -0.2) is 5.78 Å². The highest BCUT2D eigenvalue weighted by Crippen LogP contribution is 2.38. The quantitative estimate of drug-likeness (QED) is 0.796. The van der Waals surface area contributed by atoms with Crippen LogP contribution in [0.2, 0.25) is 0 Å². The molecule has 0 fully saturated rings. The average Bonchev–Trinajstić information content (AvgIpc) is 2.24. The minimum Gasteiger partial charge on any atom is -0.397 e. The van der Waals surface area contributed by atoms with Gasteiger partial charge in [0.15, 0.2) is 5.78 Å². The third-order valence-electron chi connectivity index (χ3n) is 1.98. The first-order valence-electron chi connectivity index (χ1n) is 4.34. The SMILES string of the molecule is Cc1sc(Br)c(N)c1C(=O)C(C)(C)C. The zero-order chi connectivity index (χ0) is 11.1. The Morgan fingerprint density at radius 1 is 1.43 bits per heavy atom. The van der Waals surface area contributed by atoms with E-state index < -0.39 is 0 Å². The molecule has 0 atom stereocenters. The summed E-state index contributed by atoms with van der Waals surface area (Å²) in [7, 11) is 0. The Labute approximate surface area is 96.6 Å². The van der Waals surface area contributed by atoms with Gasteiger partial charge in [0.25, 0.3) is 0 Å². The summed E-state index contributed by atoms with van der Waals surface area (Å²) in [5, 5.41) is 0. The molecule has 0 unspecified atom stereocenters. The predicted octanol–water partition coefficient (Wildman–Crippen LogP) is 3.63. The second-order valence-corrected chi connectivity index (χ2v) is 6.84. The molecule has 0 radical (unpaired) electrons. The first kappa shape index (κ1) is 11.7. The predicted molar refractivity (Wildman–Crippen MR) is 65.0 cm³/mol. The van der Waals surface area contributed by atoms with Gasteiger partial charge < -0.3 is 5.73 Å². The van der Waals surface area contributed by atoms with E-state index in [1.807, 2.05) is 27.7 Å². The summed E-state index contributed by atoms with van der Waals surface area (Å²) in [5.74, 6) is 0.106. The molecule has 1 heterocycles. The van der Waals surface area contributed by atoms with Crippen LogP contribution in [0.25, 0.3) is 0 Å². The lowest BCUT2D eigenvalue weighted by Crippen LogP contribution is -2.21. The van der Waals surface area contributed by atoms with Gasteiger partial charge in [0.1, 0.15) is 0 Å². The van der Waals surface area contributed by atoms with Crippen LogP contribution in [0.5, 0.6) is 0 Å². The van der Waals surface area contributed by atoms with Crippen molar-refractivity contribution in [2.45, 2.75) is 27.7 Å². The van der Waals surface area contributed by atoms with E-state index in [1.165, 1.54) is 11.3 Å². The molecule has 0 aliphatic heterocycles. The normalized spacial score (nSPS) is 11.8. The Morgan fingerprint density at radius 2 is 1.93 bits per heavy atom. The first-order valence-corrected chi connectivity index (χ1v) is 5.95. The summed E-state index contributed by atoms with van der Waals surface area (Å²) in [6, 6.07) is 0. The molecule has 0 aliphatic carbocycles. The number of nitrogen functional groups attached to an aromatic ring is 1. The Bertz CT molecular complexity index is 376. The molecule has 2 N–H and O–H groups in total. The molecule has 1 aromatic rings. The van der Waals surface area contributed by atoms with E-state index in [9.17, 15) is 4.79 Å². The number of carbonyl (C=O) groups excluding carboxylic acids is 1. The van der Waals surface area contributed by atoms with Gasteiger partial charge in [-0.3, -0.25) is 4.79 Å². The number of thiophene rings is 1. The van der Waals surface area contributed by atoms with Gasteiger partial charge >= 0.3 is 0 Å². The number of Topliss-reactive ketones (excluding diaryl/α,β-unsaturated/α-hetero) is 1. The number of nitrogens with two attached hydrogens (primary N) is 1. The fourth-order valence-electron chi connectivity index (χ4n) is 1.19. The van der Waals surface area contributed by atoms with Crippen LogP contribution in [0.4, 0.5) is 5.69 Å². The second kappa shape index (κ2) is 3.66. The van der Waals surface area contributed by atoms with Crippen molar-refractivity contribution in [3.05, 3.63) is 14.2 Å². The van der Waals surface area contributed by atoms with E-state index in [0.29, 0.717) is 11.3 Å². The molecule has 78 valence electrons. The number of ketones is 1. The van der Waals surface area contributed by atoms with Crippen LogP contribution < -0.4 is 5.73 Å². The highest BCUT2D eigenvalue weighted by Gasteiger charge is 2.28. The van der Waals surface area contributed by atoms with Crippen LogP contribution in [0.3, 0.4) is 0 Å². The zero-order valence-corrected chi connectivity index (χ0v) is 11.2. The maximum absolute atomic E-state index is 12.0. The number of anilines is 1. The van der Waals surface area contributed by atoms with E-state index in [2.05, 4.69) is 15.9 Å². The first-order chi connectivity index (χ1) is 6.25. The number of carbonyl (C=O) groups is 1. The van der Waals surface area contributed by atoms with Gasteiger partial charge in [-0.05, 0) is 22.9 Å². The standard InChI is InChI=1S/C10H14BrNOS/c1-5-6(7(12)9(11)14-5)8(13)10(2,3)4/h12H2,1-4H3. The second-order valence-electron chi connectivity index (χ2n) is 4.30. The molecule has 0 saturated carbocycles. The van der Waals surface area contributed by atoms with Crippen molar-refractivity contribution in [1.82, 2.24) is 0 Å². The molecule has 0 aromatic carbocycles. The fraction of sp³-hybridized carbons (Fsp3) is 0.500. The van der Waals surface area contributed by atoms with E-state index in [1.54, 1.807) is 0 Å². The summed E-state index contributed by atoms with van der Waals surface area (Å²) in [6.07, 6.45) is 0. The van der Waals surface area contributed by atoms with Gasteiger partial charge in [-0.15, -0.1) is 11.3 Å². The summed E-state index contributed by atoms with van der Waals surface area (Å²) in [5.41, 5.74) is 6.72. The van der Waals surface area contributed by atoms with Crippen molar-refractivity contribution in [1.29, 1.82) is 0 Å². The third kappa shape index (κ3) is 2.01. The van der Waals surface area contributed by atoms with Crippen LogP contribution in [0, 0.1) is 12.3 Å². The number of hydrogen-bond acceptors (Lipinski definition) is 3. The van der Waals surface area contributed by atoms with Gasteiger partial charge in [-0.25, -0.2) is 0 Å². The van der Waals surface area contributed by atoms with Crippen molar-refractivity contribution < 1.29 is 4.79 Å². The summed E-state index contributed by atoms with van der Waals surface area (Å²) in [6.45, 7) is 7.63. The summed E-state index contributed by atoms with van der Waals surface area (Å²) >= 11 is 4.85. The smallest absolute Gasteiger partial charge is 0.171 e. The highest BCUT2D eigenvalue weighted by molar-refractivity contribution is 9.11. The van der Waals surface area contributed by atoms with Crippen molar-refractivity contribution in [2.24, 2.45) is 5.41 Å². The van der Waals surface area contributed by atoms with E-state index in [-0.39, 0.29) is 11.2 Å². The molecule has 0 spiro atoms. The van der Waals surface area contributed by atoms with Crippen molar-refractivity contribution >= 4 is 38.7 Å². The Balaban J connectivity index is 3.27. The van der Waals surface area contributed by atoms with Crippen molar-refractivity contribution in [3.63, 3.8) is 0 Å². The number of rotatable bonds is 1. The lowest BCUT2D eigenvalue weighted by atomic mass is 9.86. The fourth-order valence-corrected chi connectivity index (χ4v) is 2.90. The van der Waals surface area contributed by atoms with E-state index >= 15 is 0 Å². The van der Waals surface area contributed by atoms with Gasteiger partial charge in [-0.1, -0.05) is 20.8 Å². The Kier molecular flexibility index (Phi) is 3.07. The Hall–Kier alpha value is -0.350. The molecule has 0 amide bonds. The molecule has 0 bridgehead atoms. The molecule has 1 rings (SSSR count). The van der Waals surface area contributed by atoms with Gasteiger partial charge in [-0.2, -0.15) is 0 Å². The summed E-state index contributed by atoms with van der Waals surface area (Å²) in [4.78, 5) is 13.0. The molecule has 4 heteroatoms. The molecule has 14 heavy (non-hydrogen) atoms. The van der Waals surface area contributed by atoms with Crippen molar-refractivity contribution in [3.8, 4) is 0 Å². The number of hydrogen-bond donors (Lipinski definition) is 1. The van der Waals surface area contributed by atoms with Crippen LogP contribution in [-0.2, 0) is 0 Å². The molecule has 1 aromatic heterocycles. The maximum Gasteiger partial charge on any atom is 0.171 e. The molecular weight excluding hydrogens is 262 g/mol. The van der Waals surface area contributed by atoms with Gasteiger partial charge in [0.05, 0.1) is 15.0 Å². The minimum absolute atomic E-state index is 0.106. The monoisotopic (exact) mass is 275 g/mol. The van der Waals surface area contributed by atoms with E-state index in [4.69, 9.17) is 5.73 Å². The Morgan fingerprint density at radius 3 is 2.21 bits per heavy atom. The van der Waals surface area contributed by atoms with Crippen LogP contribution in [0.15, 0.2) is 3.79 Å². The van der Waals surface area contributed by atoms with E-state index in [0.717, 1.165) is 8.66 Å². The average molecular weight is 276 g/mol. The minimum atomic E-state index is -0.376. The molecule has 2 nitrogen and oxygen atoms in total. The topological polar surface area (TPSA) is 43.1 Å². The van der Waals surface area contributed by atoms with Crippen molar-refractivity contribution in [2.75, 3.05) is 5.73 Å². The summed E-state index contributed by atoms with van der Waals surface area (Å²) < 4.78 is 0.850. The maximum atomic E-state index is 12.0. The number of aryl methyl sites for hydroxylation is 1. The lowest BCUT2D eigenvalue weighted by Gasteiger charge is -2.16. The molecule has 0 saturated heterocycles. The van der Waals surface area contributed by atoms with Crippen LogP contribution >= 0.6 is 27.3 Å². The molecular formula is C10H14BrNOS. The lowest BCUT2D eigenvalue weighted by molar-refractivity contribution is 0.0859. The van der Waals surface area contributed by atoms with Crippen LogP contribution in [0.1, 0.15) is 36.0 Å². The number of halogens is 1.